The number of aromatic nitrogens is 1. The van der Waals surface area contributed by atoms with Crippen molar-refractivity contribution in [1.29, 1.82) is 0 Å². The van der Waals surface area contributed by atoms with Crippen LogP contribution in [-0.2, 0) is 27.4 Å². The molecule has 3 heterocycles. The molecule has 4 rings (SSSR count). The first-order valence-electron chi connectivity index (χ1n) is 11.3. The fourth-order valence-electron chi connectivity index (χ4n) is 4.98. The number of hydrogen-bond donors (Lipinski definition) is 1. The van der Waals surface area contributed by atoms with Crippen LogP contribution < -0.4 is 0 Å². The highest BCUT2D eigenvalue weighted by molar-refractivity contribution is 8.46. The molecule has 3 atom stereocenters. The summed E-state index contributed by atoms with van der Waals surface area (Å²) in [7, 11) is -0.778. The summed E-state index contributed by atoms with van der Waals surface area (Å²) >= 11 is 0. The fraction of sp³-hybridized carbons (Fsp3) is 0.440. The first-order chi connectivity index (χ1) is 16.2. The maximum atomic E-state index is 13.9. The lowest BCUT2D eigenvalue weighted by molar-refractivity contribution is -0.162. The van der Waals surface area contributed by atoms with Gasteiger partial charge in [0, 0.05) is 36.7 Å². The van der Waals surface area contributed by atoms with Gasteiger partial charge in [-0.05, 0) is 31.5 Å². The third kappa shape index (κ3) is 3.86. The number of nitrogens with zero attached hydrogens (tertiary/aromatic N) is 3. The molecule has 8 nitrogen and oxygen atoms in total. The summed E-state index contributed by atoms with van der Waals surface area (Å²) < 4.78 is 4.64. The molecule has 1 unspecified atom stereocenters. The highest BCUT2D eigenvalue weighted by Gasteiger charge is 2.72. The van der Waals surface area contributed by atoms with Crippen LogP contribution >= 0.6 is 10.0 Å². The molecule has 2 aliphatic heterocycles. The number of aliphatic hydroxyl groups excluding tert-OH is 1. The van der Waals surface area contributed by atoms with Crippen LogP contribution in [0.3, 0.4) is 0 Å². The largest absolute Gasteiger partial charge is 0.459 e. The van der Waals surface area contributed by atoms with Gasteiger partial charge in [0.2, 0.25) is 5.91 Å². The monoisotopic (exact) mass is 485 g/mol. The zero-order valence-electron chi connectivity index (χ0n) is 19.7. The van der Waals surface area contributed by atoms with E-state index in [1.54, 1.807) is 18.1 Å². The maximum Gasteiger partial charge on any atom is 0.330 e. The van der Waals surface area contributed by atoms with Crippen LogP contribution in [0.4, 0.5) is 4.79 Å². The normalized spacial score (nSPS) is 26.7. The van der Waals surface area contributed by atoms with Gasteiger partial charge >= 0.3 is 5.97 Å². The molecule has 0 aliphatic carbocycles. The number of esters is 1. The number of rotatable bonds is 7. The summed E-state index contributed by atoms with van der Waals surface area (Å²) in [5.74, 6) is -1.12. The van der Waals surface area contributed by atoms with E-state index in [-0.39, 0.29) is 30.1 Å². The molecule has 2 fully saturated rings. The molecule has 0 radical (unpaired) electrons. The average Bonchev–Trinajstić information content (AvgIpc) is 3.01. The van der Waals surface area contributed by atoms with Gasteiger partial charge < -0.3 is 19.6 Å². The molecule has 2 amide bonds. The van der Waals surface area contributed by atoms with Crippen molar-refractivity contribution >= 4 is 27.1 Å². The van der Waals surface area contributed by atoms with Crippen molar-refractivity contribution in [3.05, 3.63) is 66.0 Å². The molecule has 2 aromatic rings. The van der Waals surface area contributed by atoms with Gasteiger partial charge in [-0.1, -0.05) is 36.4 Å². The van der Waals surface area contributed by atoms with Gasteiger partial charge in [-0.15, -0.1) is 10.0 Å². The van der Waals surface area contributed by atoms with Crippen molar-refractivity contribution in [3.8, 4) is 0 Å². The SMILES string of the molecule is CN(CCc1ccccn1)C(=O)S1(CO)[C@@H]2CC(=O)N2[C@@H](C(=O)OCc2ccccc2)C1(C)C. The van der Waals surface area contributed by atoms with Crippen LogP contribution in [0.25, 0.3) is 0 Å². The molecule has 0 bridgehead atoms. The lowest BCUT2D eigenvalue weighted by Gasteiger charge is -2.50. The molecule has 1 aromatic heterocycles. The van der Waals surface area contributed by atoms with Crippen LogP contribution in [0.1, 0.15) is 31.5 Å². The number of β-lactam (4-membered cyclic amide) rings is 1. The molecule has 1 aromatic carbocycles. The predicted molar refractivity (Wildman–Crippen MR) is 130 cm³/mol. The van der Waals surface area contributed by atoms with Crippen LogP contribution in [0.2, 0.25) is 0 Å². The van der Waals surface area contributed by atoms with E-state index in [0.717, 1.165) is 11.3 Å². The van der Waals surface area contributed by atoms with Crippen molar-refractivity contribution in [2.45, 2.75) is 49.5 Å². The molecule has 182 valence electrons. The van der Waals surface area contributed by atoms with E-state index in [1.807, 2.05) is 62.4 Å². The molecule has 2 saturated heterocycles. The Morgan fingerprint density at radius 3 is 2.53 bits per heavy atom. The zero-order valence-corrected chi connectivity index (χ0v) is 20.5. The Hall–Kier alpha value is -2.91. The van der Waals surface area contributed by atoms with E-state index < -0.39 is 32.2 Å². The maximum absolute atomic E-state index is 13.9. The topological polar surface area (TPSA) is 100 Å². The molecule has 0 spiro atoms. The minimum atomic E-state index is -2.48. The van der Waals surface area contributed by atoms with Gasteiger partial charge in [-0.25, -0.2) is 4.79 Å². The number of pyridine rings is 1. The number of carbonyl (C=O) groups is 3. The third-order valence-electron chi connectivity index (χ3n) is 6.99. The third-order valence-corrected chi connectivity index (χ3v) is 11.8. The summed E-state index contributed by atoms with van der Waals surface area (Å²) in [6.45, 7) is 4.12. The Kier molecular flexibility index (Phi) is 6.69. The van der Waals surface area contributed by atoms with Crippen molar-refractivity contribution in [2.75, 3.05) is 19.5 Å². The van der Waals surface area contributed by atoms with Gasteiger partial charge in [0.05, 0.1) is 17.7 Å². The zero-order chi connectivity index (χ0) is 24.5. The highest BCUT2D eigenvalue weighted by Crippen LogP contribution is 2.74. The minimum Gasteiger partial charge on any atom is -0.459 e. The van der Waals surface area contributed by atoms with Crippen molar-refractivity contribution < 1.29 is 24.2 Å². The van der Waals surface area contributed by atoms with Crippen LogP contribution in [0, 0.1) is 0 Å². The first-order valence-corrected chi connectivity index (χ1v) is 13.2. The minimum absolute atomic E-state index is 0.0817. The van der Waals surface area contributed by atoms with E-state index in [1.165, 1.54) is 4.90 Å². The Morgan fingerprint density at radius 1 is 1.21 bits per heavy atom. The van der Waals surface area contributed by atoms with Crippen LogP contribution in [0.15, 0.2) is 54.7 Å². The standard InChI is InChI=1S/C25H31N3O5S/c1-25(2)22(23(31)33-16-18-9-5-4-6-10-18)28-20(30)15-21(28)34(25,17-29)24(32)27(3)14-12-19-11-7-8-13-26-19/h4-11,13,21-22,29H,12,14-17H2,1-3H3/t21-,22+/m1/s1. The van der Waals surface area contributed by atoms with Gasteiger partial charge in [0.25, 0.3) is 5.24 Å². The second-order valence-corrected chi connectivity index (χ2v) is 13.0. The predicted octanol–water partition coefficient (Wildman–Crippen LogP) is 2.89. The quantitative estimate of drug-likeness (QED) is 0.478. The van der Waals surface area contributed by atoms with Crippen molar-refractivity contribution in [3.63, 3.8) is 0 Å². The lowest BCUT2D eigenvalue weighted by atomic mass is 9.98. The van der Waals surface area contributed by atoms with Crippen molar-refractivity contribution in [1.82, 2.24) is 14.8 Å². The number of amides is 2. The highest BCUT2D eigenvalue weighted by atomic mass is 32.3. The summed E-state index contributed by atoms with van der Waals surface area (Å²) in [4.78, 5) is 47.2. The molecule has 0 saturated carbocycles. The number of aliphatic hydroxyl groups is 1. The van der Waals surface area contributed by atoms with E-state index in [2.05, 4.69) is 4.98 Å². The first kappa shape index (κ1) is 24.2. The molecule has 2 aliphatic rings. The van der Waals surface area contributed by atoms with E-state index >= 15 is 0 Å². The summed E-state index contributed by atoms with van der Waals surface area (Å²) in [6, 6.07) is 14.0. The second kappa shape index (κ2) is 9.38. The number of benzene rings is 1. The molecular formula is C25H31N3O5S. The second-order valence-electron chi connectivity index (χ2n) is 9.24. The fourth-order valence-corrected chi connectivity index (χ4v) is 9.29. The van der Waals surface area contributed by atoms with E-state index in [0.29, 0.717) is 13.0 Å². The Balaban J connectivity index is 1.56. The summed E-state index contributed by atoms with van der Waals surface area (Å²) in [5.41, 5.74) is 1.70. The Labute approximate surface area is 201 Å². The Bertz CT molecular complexity index is 1060. The average molecular weight is 486 g/mol. The number of fused-ring (bicyclic) bond motifs is 1. The van der Waals surface area contributed by atoms with Crippen LogP contribution in [-0.4, -0.2) is 72.7 Å². The number of likely N-dealkylation sites (N-methyl/N-ethyl adjacent to an activating group) is 1. The molecule has 9 heteroatoms. The number of carbonyl (C=O) groups excluding carboxylic acids is 3. The van der Waals surface area contributed by atoms with Crippen LogP contribution in [0.5, 0.6) is 0 Å². The molecule has 34 heavy (non-hydrogen) atoms. The van der Waals surface area contributed by atoms with Crippen molar-refractivity contribution in [2.24, 2.45) is 0 Å². The van der Waals surface area contributed by atoms with E-state index in [9.17, 15) is 19.5 Å². The van der Waals surface area contributed by atoms with Gasteiger partial charge in [-0.2, -0.15) is 0 Å². The lowest BCUT2D eigenvalue weighted by Crippen LogP contribution is -2.57. The van der Waals surface area contributed by atoms with Gasteiger partial charge in [0.1, 0.15) is 12.6 Å². The van der Waals surface area contributed by atoms with Gasteiger partial charge in [0.15, 0.2) is 0 Å². The molecule has 1 N–H and O–H groups in total. The Morgan fingerprint density at radius 2 is 1.91 bits per heavy atom. The van der Waals surface area contributed by atoms with E-state index in [4.69, 9.17) is 4.74 Å². The van der Waals surface area contributed by atoms with Gasteiger partial charge in [-0.3, -0.25) is 14.6 Å². The summed E-state index contributed by atoms with van der Waals surface area (Å²) in [5, 5.41) is 9.99. The summed E-state index contributed by atoms with van der Waals surface area (Å²) in [6.07, 6.45) is 2.43. The number of ether oxygens (including phenoxy) is 1. The number of hydrogen-bond acceptors (Lipinski definition) is 6. The molecular weight excluding hydrogens is 454 g/mol. The smallest absolute Gasteiger partial charge is 0.330 e.